The van der Waals surface area contributed by atoms with Crippen molar-refractivity contribution in [3.05, 3.63) is 0 Å². The van der Waals surface area contributed by atoms with Crippen molar-refractivity contribution < 1.29 is 14.6 Å². The molecule has 0 aromatic heterocycles. The van der Waals surface area contributed by atoms with Crippen LogP contribution in [0.5, 0.6) is 0 Å². The average Bonchev–Trinajstić information content (AvgIpc) is 2.25. The number of aliphatic hydroxyl groups is 1. The third-order valence-electron chi connectivity index (χ3n) is 3.20. The molecule has 2 N–H and O–H groups in total. The van der Waals surface area contributed by atoms with Crippen LogP contribution in [0.1, 0.15) is 39.0 Å². The fourth-order valence-corrected chi connectivity index (χ4v) is 2.03. The summed E-state index contributed by atoms with van der Waals surface area (Å²) in [4.78, 5) is 11.5. The number of unbranched alkanes of at least 4 members (excludes halogenated alkanes) is 1. The fraction of sp³-hybridized carbons (Fsp3) is 0.917. The zero-order valence-corrected chi connectivity index (χ0v) is 10.2. The minimum absolute atomic E-state index is 0.126. The summed E-state index contributed by atoms with van der Waals surface area (Å²) in [6.07, 6.45) is 4.53. The van der Waals surface area contributed by atoms with E-state index in [4.69, 9.17) is 9.84 Å². The van der Waals surface area contributed by atoms with Crippen LogP contribution in [-0.2, 0) is 9.53 Å². The Labute approximate surface area is 97.4 Å². The molecule has 1 aliphatic carbocycles. The molecule has 0 aliphatic heterocycles. The normalized spacial score (nSPS) is 25.9. The molecule has 94 valence electrons. The summed E-state index contributed by atoms with van der Waals surface area (Å²) in [5.41, 5.74) is 0. The quantitative estimate of drug-likeness (QED) is 0.641. The number of hydrogen-bond donors (Lipinski definition) is 2. The molecule has 0 aromatic carbocycles. The van der Waals surface area contributed by atoms with E-state index in [9.17, 15) is 4.79 Å². The first kappa shape index (κ1) is 13.5. The Morgan fingerprint density at radius 3 is 2.75 bits per heavy atom. The van der Waals surface area contributed by atoms with E-state index >= 15 is 0 Å². The number of methoxy groups -OCH3 is 1. The second kappa shape index (κ2) is 6.86. The van der Waals surface area contributed by atoms with Crippen molar-refractivity contribution in [2.75, 3.05) is 13.7 Å². The van der Waals surface area contributed by atoms with Crippen LogP contribution in [0.15, 0.2) is 0 Å². The molecule has 0 radical (unpaired) electrons. The maximum absolute atomic E-state index is 11.5. The van der Waals surface area contributed by atoms with E-state index in [0.717, 1.165) is 38.6 Å². The van der Waals surface area contributed by atoms with Gasteiger partial charge in [0.25, 0.3) is 0 Å². The Balaban J connectivity index is 2.23. The number of hydrogen-bond acceptors (Lipinski definition) is 4. The predicted molar refractivity (Wildman–Crippen MR) is 62.1 cm³/mol. The monoisotopic (exact) mass is 229 g/mol. The lowest BCUT2D eigenvalue weighted by atomic mass is 9.82. The van der Waals surface area contributed by atoms with Crippen LogP contribution in [0.4, 0.5) is 0 Å². The van der Waals surface area contributed by atoms with Gasteiger partial charge in [-0.3, -0.25) is 4.79 Å². The van der Waals surface area contributed by atoms with Crippen LogP contribution in [0, 0.1) is 5.92 Å². The molecular formula is C12H23NO3. The van der Waals surface area contributed by atoms with Crippen molar-refractivity contribution in [2.45, 2.75) is 51.2 Å². The molecule has 1 rings (SSSR count). The fourth-order valence-electron chi connectivity index (χ4n) is 2.03. The van der Waals surface area contributed by atoms with E-state index in [-0.39, 0.29) is 18.1 Å². The maximum Gasteiger partial charge on any atom is 0.322 e. The highest BCUT2D eigenvalue weighted by Gasteiger charge is 2.28. The van der Waals surface area contributed by atoms with E-state index in [2.05, 4.69) is 12.2 Å². The minimum Gasteiger partial charge on any atom is -0.468 e. The summed E-state index contributed by atoms with van der Waals surface area (Å²) >= 11 is 0. The van der Waals surface area contributed by atoms with Gasteiger partial charge in [-0.25, -0.2) is 0 Å². The van der Waals surface area contributed by atoms with E-state index in [0.29, 0.717) is 5.92 Å². The van der Waals surface area contributed by atoms with E-state index in [1.807, 2.05) is 0 Å². The molecule has 0 aromatic rings. The molecule has 1 fully saturated rings. The molecule has 4 heteroatoms. The van der Waals surface area contributed by atoms with Gasteiger partial charge in [-0.1, -0.05) is 19.8 Å². The minimum atomic E-state index is -0.178. The van der Waals surface area contributed by atoms with Crippen molar-refractivity contribution in [3.8, 4) is 0 Å². The topological polar surface area (TPSA) is 58.6 Å². The molecule has 1 atom stereocenters. The molecule has 16 heavy (non-hydrogen) atoms. The largest absolute Gasteiger partial charge is 0.468 e. The lowest BCUT2D eigenvalue weighted by Gasteiger charge is -2.32. The van der Waals surface area contributed by atoms with Crippen molar-refractivity contribution in [2.24, 2.45) is 5.92 Å². The molecule has 0 spiro atoms. The molecule has 0 amide bonds. The summed E-state index contributed by atoms with van der Waals surface area (Å²) in [7, 11) is 1.43. The number of ether oxygens (including phenoxy) is 1. The van der Waals surface area contributed by atoms with Crippen LogP contribution in [0.2, 0.25) is 0 Å². The standard InChI is InChI=1S/C12H23NO3/c1-3-4-5-11(12(15)16-2)13-8-9-6-10(14)7-9/h9-11,13-14H,3-8H2,1-2H3. The van der Waals surface area contributed by atoms with Crippen LogP contribution < -0.4 is 5.32 Å². The number of nitrogens with one attached hydrogen (secondary N) is 1. The summed E-state index contributed by atoms with van der Waals surface area (Å²) in [5.74, 6) is 0.345. The molecule has 0 bridgehead atoms. The van der Waals surface area contributed by atoms with Gasteiger partial charge in [0.05, 0.1) is 13.2 Å². The molecule has 0 heterocycles. The van der Waals surface area contributed by atoms with Crippen LogP contribution in [0.3, 0.4) is 0 Å². The lowest BCUT2D eigenvalue weighted by molar-refractivity contribution is -0.143. The zero-order valence-electron chi connectivity index (χ0n) is 10.2. The first-order valence-corrected chi connectivity index (χ1v) is 6.16. The molecule has 4 nitrogen and oxygen atoms in total. The number of carbonyl (C=O) groups is 1. The van der Waals surface area contributed by atoms with E-state index < -0.39 is 0 Å². The molecule has 1 saturated carbocycles. The summed E-state index contributed by atoms with van der Waals surface area (Å²) in [6, 6.07) is -0.178. The second-order valence-corrected chi connectivity index (χ2v) is 4.62. The second-order valence-electron chi connectivity index (χ2n) is 4.62. The maximum atomic E-state index is 11.5. The molecular weight excluding hydrogens is 206 g/mol. The van der Waals surface area contributed by atoms with Gasteiger partial charge in [0.15, 0.2) is 0 Å². The van der Waals surface area contributed by atoms with Gasteiger partial charge >= 0.3 is 5.97 Å². The van der Waals surface area contributed by atoms with Crippen molar-refractivity contribution in [1.29, 1.82) is 0 Å². The van der Waals surface area contributed by atoms with Gasteiger partial charge in [-0.15, -0.1) is 0 Å². The first-order chi connectivity index (χ1) is 7.67. The Kier molecular flexibility index (Phi) is 5.77. The zero-order chi connectivity index (χ0) is 12.0. The Hall–Kier alpha value is -0.610. The number of aliphatic hydroxyl groups excluding tert-OH is 1. The van der Waals surface area contributed by atoms with Gasteiger partial charge in [0.1, 0.15) is 6.04 Å². The number of carbonyl (C=O) groups excluding carboxylic acids is 1. The van der Waals surface area contributed by atoms with Crippen LogP contribution >= 0.6 is 0 Å². The van der Waals surface area contributed by atoms with Gasteiger partial charge in [0.2, 0.25) is 0 Å². The Morgan fingerprint density at radius 1 is 1.56 bits per heavy atom. The van der Waals surface area contributed by atoms with Crippen molar-refractivity contribution >= 4 is 5.97 Å². The summed E-state index contributed by atoms with van der Waals surface area (Å²) in [6.45, 7) is 2.91. The van der Waals surface area contributed by atoms with Crippen LogP contribution in [-0.4, -0.2) is 36.9 Å². The third kappa shape index (κ3) is 4.10. The Bertz CT molecular complexity index is 214. The smallest absolute Gasteiger partial charge is 0.322 e. The van der Waals surface area contributed by atoms with E-state index in [1.54, 1.807) is 0 Å². The van der Waals surface area contributed by atoms with Gasteiger partial charge < -0.3 is 15.2 Å². The highest BCUT2D eigenvalue weighted by atomic mass is 16.5. The molecule has 1 aliphatic rings. The van der Waals surface area contributed by atoms with E-state index in [1.165, 1.54) is 7.11 Å². The third-order valence-corrected chi connectivity index (χ3v) is 3.20. The highest BCUT2D eigenvalue weighted by Crippen LogP contribution is 2.26. The molecule has 0 saturated heterocycles. The van der Waals surface area contributed by atoms with Crippen molar-refractivity contribution in [3.63, 3.8) is 0 Å². The van der Waals surface area contributed by atoms with Gasteiger partial charge in [-0.2, -0.15) is 0 Å². The Morgan fingerprint density at radius 2 is 2.25 bits per heavy atom. The molecule has 1 unspecified atom stereocenters. The summed E-state index contributed by atoms with van der Waals surface area (Å²) in [5, 5.41) is 12.4. The highest BCUT2D eigenvalue weighted by molar-refractivity contribution is 5.75. The predicted octanol–water partition coefficient (Wildman–Crippen LogP) is 1.08. The first-order valence-electron chi connectivity index (χ1n) is 6.16. The lowest BCUT2D eigenvalue weighted by Crippen LogP contribution is -2.44. The average molecular weight is 229 g/mol. The SMILES string of the molecule is CCCCC(NCC1CC(O)C1)C(=O)OC. The number of esters is 1. The summed E-state index contributed by atoms with van der Waals surface area (Å²) < 4.78 is 4.76. The number of rotatable bonds is 7. The van der Waals surface area contributed by atoms with Crippen LogP contribution in [0.25, 0.3) is 0 Å². The van der Waals surface area contributed by atoms with Crippen molar-refractivity contribution in [1.82, 2.24) is 5.32 Å². The van der Waals surface area contributed by atoms with Gasteiger partial charge in [0, 0.05) is 0 Å². The van der Waals surface area contributed by atoms with Gasteiger partial charge in [-0.05, 0) is 31.7 Å².